The van der Waals surface area contributed by atoms with Crippen LogP contribution < -0.4 is 0 Å². The number of carbonyl (C=O) groups is 2. The molecule has 2 rings (SSSR count). The van der Waals surface area contributed by atoms with E-state index in [-0.39, 0.29) is 21.2 Å². The average molecular weight is 536 g/mol. The molecule has 162 valence electrons. The third-order valence-electron chi connectivity index (χ3n) is 5.36. The van der Waals surface area contributed by atoms with Gasteiger partial charge in [-0.15, -0.1) is 0 Å². The Morgan fingerprint density at radius 2 is 1.00 bits per heavy atom. The molecule has 0 aliphatic carbocycles. The highest BCUT2D eigenvalue weighted by molar-refractivity contribution is 9.10. The number of carbonyl (C=O) groups excluding carboxylic acids is 2. The van der Waals surface area contributed by atoms with Crippen molar-refractivity contribution in [3.8, 4) is 0 Å². The Labute approximate surface area is 198 Å². The Hall–Kier alpha value is -1.26. The fraction of sp³-hybridized carbons (Fsp3) is 0.462. The molecule has 30 heavy (non-hydrogen) atoms. The van der Waals surface area contributed by atoms with Crippen LogP contribution in [0, 0.1) is 0 Å². The zero-order chi connectivity index (χ0) is 21.9. The summed E-state index contributed by atoms with van der Waals surface area (Å²) in [5, 5.41) is 0. The number of aryl methyl sites for hydroxylation is 2. The molecule has 2 atom stereocenters. The predicted octanol–water partition coefficient (Wildman–Crippen LogP) is 7.74. The number of benzene rings is 2. The third kappa shape index (κ3) is 7.77. The van der Waals surface area contributed by atoms with Gasteiger partial charge in [-0.25, -0.2) is 0 Å². The molecule has 0 saturated heterocycles. The fourth-order valence-corrected chi connectivity index (χ4v) is 4.41. The number of unbranched alkanes of at least 4 members (excludes halogenated alkanes) is 2. The first-order valence-electron chi connectivity index (χ1n) is 11.0. The topological polar surface area (TPSA) is 34.1 Å². The highest BCUT2D eigenvalue weighted by Crippen LogP contribution is 2.22. The summed E-state index contributed by atoms with van der Waals surface area (Å²) in [6.07, 6.45) is 7.97. The second-order valence-corrected chi connectivity index (χ2v) is 10.1. The molecule has 4 heteroatoms. The number of halogens is 2. The zero-order valence-electron chi connectivity index (χ0n) is 18.0. The Kier molecular flexibility index (Phi) is 11.0. The maximum absolute atomic E-state index is 12.7. The summed E-state index contributed by atoms with van der Waals surface area (Å²) < 4.78 is 0. The lowest BCUT2D eigenvalue weighted by atomic mass is 9.99. The molecule has 0 N–H and O–H groups in total. The molecule has 0 bridgehead atoms. The van der Waals surface area contributed by atoms with Gasteiger partial charge < -0.3 is 0 Å². The van der Waals surface area contributed by atoms with E-state index in [1.807, 2.05) is 48.5 Å². The summed E-state index contributed by atoms with van der Waals surface area (Å²) in [6.45, 7) is 4.36. The SMILES string of the molecule is CCCCc1ccc(C(=O)[C@H](Br)CC[C@@H](Br)C(=O)c2ccc(CCCC)cc2)cc1. The lowest BCUT2D eigenvalue weighted by Gasteiger charge is -2.13. The van der Waals surface area contributed by atoms with Gasteiger partial charge >= 0.3 is 0 Å². The molecule has 2 aromatic rings. The van der Waals surface area contributed by atoms with Crippen molar-refractivity contribution in [1.29, 1.82) is 0 Å². The molecular formula is C26H32Br2O2. The molecule has 0 heterocycles. The molecule has 2 nitrogen and oxygen atoms in total. The first-order valence-corrected chi connectivity index (χ1v) is 12.8. The number of ketones is 2. The van der Waals surface area contributed by atoms with E-state index in [1.165, 1.54) is 24.0 Å². The molecule has 0 aromatic heterocycles. The van der Waals surface area contributed by atoms with Crippen molar-refractivity contribution in [1.82, 2.24) is 0 Å². The van der Waals surface area contributed by atoms with Gasteiger partial charge in [0.2, 0.25) is 0 Å². The summed E-state index contributed by atoms with van der Waals surface area (Å²) in [4.78, 5) is 24.8. The van der Waals surface area contributed by atoms with E-state index in [9.17, 15) is 9.59 Å². The number of hydrogen-bond acceptors (Lipinski definition) is 2. The zero-order valence-corrected chi connectivity index (χ0v) is 21.2. The van der Waals surface area contributed by atoms with Crippen molar-refractivity contribution in [3.05, 3.63) is 70.8 Å². The molecule has 0 aliphatic rings. The van der Waals surface area contributed by atoms with Crippen LogP contribution in [0.3, 0.4) is 0 Å². The summed E-state index contributed by atoms with van der Waals surface area (Å²) >= 11 is 7.05. The number of hydrogen-bond donors (Lipinski definition) is 0. The van der Waals surface area contributed by atoms with Gasteiger partial charge in [-0.2, -0.15) is 0 Å². The lowest BCUT2D eigenvalue weighted by molar-refractivity contribution is 0.0965. The highest BCUT2D eigenvalue weighted by Gasteiger charge is 2.22. The second-order valence-electron chi connectivity index (χ2n) is 7.84. The summed E-state index contributed by atoms with van der Waals surface area (Å²) in [7, 11) is 0. The van der Waals surface area contributed by atoms with Crippen LogP contribution in [0.1, 0.15) is 84.2 Å². The van der Waals surface area contributed by atoms with E-state index in [1.54, 1.807) is 0 Å². The van der Waals surface area contributed by atoms with E-state index < -0.39 is 0 Å². The summed E-state index contributed by atoms with van der Waals surface area (Å²) in [6, 6.07) is 15.8. The second kappa shape index (κ2) is 13.2. The van der Waals surface area contributed by atoms with Gasteiger partial charge in [-0.1, -0.05) is 107 Å². The van der Waals surface area contributed by atoms with Gasteiger partial charge in [-0.3, -0.25) is 9.59 Å². The predicted molar refractivity (Wildman–Crippen MR) is 133 cm³/mol. The number of rotatable bonds is 13. The van der Waals surface area contributed by atoms with Crippen LogP contribution in [-0.2, 0) is 12.8 Å². The first kappa shape index (κ1) is 25.0. The van der Waals surface area contributed by atoms with Crippen molar-refractivity contribution in [2.24, 2.45) is 0 Å². The molecule has 0 unspecified atom stereocenters. The number of Topliss-reactive ketones (excluding diaryl/α,β-unsaturated/α-hetero) is 2. The molecule has 0 radical (unpaired) electrons. The number of alkyl halides is 2. The molecule has 2 aromatic carbocycles. The van der Waals surface area contributed by atoms with E-state index in [0.29, 0.717) is 12.8 Å². The van der Waals surface area contributed by atoms with Crippen molar-refractivity contribution in [3.63, 3.8) is 0 Å². The monoisotopic (exact) mass is 534 g/mol. The Balaban J connectivity index is 1.85. The van der Waals surface area contributed by atoms with Crippen LogP contribution >= 0.6 is 31.9 Å². The van der Waals surface area contributed by atoms with Gasteiger partial charge in [0.25, 0.3) is 0 Å². The molecule has 0 amide bonds. The Bertz CT molecular complexity index is 727. The molecule has 0 spiro atoms. The van der Waals surface area contributed by atoms with Crippen LogP contribution in [0.15, 0.2) is 48.5 Å². The van der Waals surface area contributed by atoms with Crippen molar-refractivity contribution >= 4 is 43.4 Å². The third-order valence-corrected chi connectivity index (χ3v) is 7.10. The first-order chi connectivity index (χ1) is 14.5. The minimum atomic E-state index is -0.289. The minimum Gasteiger partial charge on any atom is -0.293 e. The molecule has 0 fully saturated rings. The van der Waals surface area contributed by atoms with E-state index >= 15 is 0 Å². The smallest absolute Gasteiger partial charge is 0.176 e. The van der Waals surface area contributed by atoms with Gasteiger partial charge in [0, 0.05) is 11.1 Å². The van der Waals surface area contributed by atoms with Crippen LogP contribution in [0.5, 0.6) is 0 Å². The van der Waals surface area contributed by atoms with Gasteiger partial charge in [0.15, 0.2) is 11.6 Å². The van der Waals surface area contributed by atoms with Gasteiger partial charge in [0.05, 0.1) is 9.65 Å². The Morgan fingerprint density at radius 1 is 0.667 bits per heavy atom. The van der Waals surface area contributed by atoms with Crippen molar-refractivity contribution < 1.29 is 9.59 Å². The summed E-state index contributed by atoms with van der Waals surface area (Å²) in [5.74, 6) is 0.147. The van der Waals surface area contributed by atoms with Crippen molar-refractivity contribution in [2.75, 3.05) is 0 Å². The minimum absolute atomic E-state index is 0.0736. The Morgan fingerprint density at radius 3 is 1.30 bits per heavy atom. The van der Waals surface area contributed by atoms with Gasteiger partial charge in [0.1, 0.15) is 0 Å². The van der Waals surface area contributed by atoms with Crippen LogP contribution in [0.25, 0.3) is 0 Å². The quantitative estimate of drug-likeness (QED) is 0.194. The molecule has 0 aliphatic heterocycles. The van der Waals surface area contributed by atoms with Crippen LogP contribution in [0.2, 0.25) is 0 Å². The normalized spacial score (nSPS) is 13.1. The van der Waals surface area contributed by atoms with Crippen molar-refractivity contribution in [2.45, 2.75) is 74.9 Å². The standard InChI is InChI=1S/C26H32Br2O2/c1-3-5-7-19-9-13-21(14-10-19)25(29)23(27)17-18-24(28)26(30)22-15-11-20(12-16-22)8-6-4-2/h9-16,23-24H,3-8,17-18H2,1-2H3/t23-,24-/m1/s1. The van der Waals surface area contributed by atoms with E-state index in [2.05, 4.69) is 45.7 Å². The van der Waals surface area contributed by atoms with Gasteiger partial charge in [-0.05, 0) is 49.7 Å². The van der Waals surface area contributed by atoms with Crippen LogP contribution in [0.4, 0.5) is 0 Å². The van der Waals surface area contributed by atoms with E-state index in [0.717, 1.165) is 36.8 Å². The van der Waals surface area contributed by atoms with Crippen LogP contribution in [-0.4, -0.2) is 21.2 Å². The average Bonchev–Trinajstić information content (AvgIpc) is 2.79. The fourth-order valence-electron chi connectivity index (χ4n) is 3.35. The molecular weight excluding hydrogens is 504 g/mol. The maximum atomic E-state index is 12.7. The summed E-state index contributed by atoms with van der Waals surface area (Å²) in [5.41, 5.74) is 3.98. The highest BCUT2D eigenvalue weighted by atomic mass is 79.9. The largest absolute Gasteiger partial charge is 0.293 e. The van der Waals surface area contributed by atoms with E-state index in [4.69, 9.17) is 0 Å². The maximum Gasteiger partial charge on any atom is 0.176 e. The molecule has 0 saturated carbocycles. The lowest BCUT2D eigenvalue weighted by Crippen LogP contribution is -2.19.